The summed E-state index contributed by atoms with van der Waals surface area (Å²) in [6.07, 6.45) is 3.09. The summed E-state index contributed by atoms with van der Waals surface area (Å²) in [5.41, 5.74) is 2.30. The molecule has 4 aromatic rings. The molecule has 0 spiro atoms. The summed E-state index contributed by atoms with van der Waals surface area (Å²) < 4.78 is 27.8. The summed E-state index contributed by atoms with van der Waals surface area (Å²) in [4.78, 5) is 28.5. The Kier molecular flexibility index (Phi) is 6.45. The van der Waals surface area contributed by atoms with Crippen molar-refractivity contribution in [1.82, 2.24) is 24.4 Å². The number of aromatic carboxylic acids is 1. The van der Waals surface area contributed by atoms with Gasteiger partial charge >= 0.3 is 5.97 Å². The molecule has 0 unspecified atom stereocenters. The van der Waals surface area contributed by atoms with Gasteiger partial charge in [-0.25, -0.2) is 24.1 Å². The van der Waals surface area contributed by atoms with Crippen LogP contribution in [0.25, 0.3) is 10.5 Å². The highest BCUT2D eigenvalue weighted by molar-refractivity contribution is 7.19. The normalized spacial score (nSPS) is 23.5. The number of hydrogen-bond donors (Lipinski definition) is 1. The predicted octanol–water partition coefficient (Wildman–Crippen LogP) is 4.13. The van der Waals surface area contributed by atoms with Crippen molar-refractivity contribution >= 4 is 27.8 Å². The molecule has 3 atom stereocenters. The molecule has 1 aromatic carbocycles. The van der Waals surface area contributed by atoms with E-state index in [2.05, 4.69) is 16.0 Å². The fraction of sp³-hybridized carbons (Fsp3) is 0.414. The van der Waals surface area contributed by atoms with E-state index in [1.54, 1.807) is 18.2 Å². The molecular formula is C29H27FN6O4S. The molecule has 210 valence electrons. The van der Waals surface area contributed by atoms with Crippen LogP contribution in [-0.2, 0) is 29.8 Å². The Morgan fingerprint density at radius 2 is 2.17 bits per heavy atom. The molecule has 7 rings (SSSR count). The summed E-state index contributed by atoms with van der Waals surface area (Å²) in [7, 11) is 0. The van der Waals surface area contributed by atoms with Crippen LogP contribution in [-0.4, -0.2) is 61.3 Å². The van der Waals surface area contributed by atoms with Gasteiger partial charge in [-0.2, -0.15) is 5.26 Å². The lowest BCUT2D eigenvalue weighted by molar-refractivity contribution is -0.0593. The second kappa shape index (κ2) is 10.2. The number of rotatable bonds is 9. The van der Waals surface area contributed by atoms with Crippen molar-refractivity contribution in [2.45, 2.75) is 50.5 Å². The summed E-state index contributed by atoms with van der Waals surface area (Å²) in [5, 5.41) is 18.4. The fourth-order valence-electron chi connectivity index (χ4n) is 6.02. The number of imidazole rings is 1. The third-order valence-electron chi connectivity index (χ3n) is 8.49. The number of benzene rings is 1. The Balaban J connectivity index is 1.03. The van der Waals surface area contributed by atoms with Gasteiger partial charge in [0.2, 0.25) is 10.9 Å². The summed E-state index contributed by atoms with van der Waals surface area (Å²) >= 11 is 1.11. The van der Waals surface area contributed by atoms with Crippen LogP contribution in [0, 0.1) is 23.1 Å². The molecule has 0 bridgehead atoms. The number of fused-ring (bicyclic) bond motifs is 2. The van der Waals surface area contributed by atoms with Crippen molar-refractivity contribution in [3.8, 4) is 11.9 Å². The van der Waals surface area contributed by atoms with Crippen LogP contribution in [0.3, 0.4) is 0 Å². The molecule has 0 amide bonds. The fourth-order valence-corrected chi connectivity index (χ4v) is 6.82. The topological polar surface area (TPSA) is 126 Å². The molecule has 3 fully saturated rings. The maximum atomic E-state index is 14.3. The zero-order chi connectivity index (χ0) is 28.1. The SMILES string of the molecule is N#Cc1ccc(COc2cccc([C@@]34CCN(Cc5nc6sc(C(=O)O)nc6n5C[C@@H]5CCO5)C[C@@H]3C4)n2)c(F)c1. The lowest BCUT2D eigenvalue weighted by Gasteiger charge is -2.32. The second-order valence-electron chi connectivity index (χ2n) is 11.0. The number of nitrogens with zero attached hydrogens (tertiary/aromatic N) is 6. The number of hydrogen-bond acceptors (Lipinski definition) is 9. The highest BCUT2D eigenvalue weighted by atomic mass is 32.1. The van der Waals surface area contributed by atoms with Gasteiger partial charge in [-0.1, -0.05) is 23.5 Å². The Bertz CT molecular complexity index is 1690. The van der Waals surface area contributed by atoms with Crippen LogP contribution >= 0.6 is 11.3 Å². The summed E-state index contributed by atoms with van der Waals surface area (Å²) in [6.45, 7) is 3.87. The van der Waals surface area contributed by atoms with Crippen LogP contribution in [0.1, 0.15) is 51.7 Å². The molecule has 1 aliphatic carbocycles. The molecule has 1 N–H and O–H groups in total. The zero-order valence-electron chi connectivity index (χ0n) is 22.1. The molecule has 2 aliphatic heterocycles. The maximum Gasteiger partial charge on any atom is 0.365 e. The number of thiazole rings is 1. The molecule has 2 saturated heterocycles. The molecule has 10 nitrogen and oxygen atoms in total. The Hall–Kier alpha value is -3.92. The molecule has 41 heavy (non-hydrogen) atoms. The Morgan fingerprint density at radius 3 is 2.90 bits per heavy atom. The van der Waals surface area contributed by atoms with E-state index in [9.17, 15) is 14.3 Å². The minimum Gasteiger partial charge on any atom is -0.476 e. The molecule has 0 radical (unpaired) electrons. The standard InChI is InChI=1S/C29H27FN6O4S/c30-21-10-17(12-31)4-5-18(21)16-40-24-3-1-2-22(32-24)29-7-8-35(13-19(29)11-29)15-23-33-26-25(34-27(41-26)28(37)38)36(23)14-20-6-9-39-20/h1-5,10,19-20H,6-9,11,13-16H2,(H,37,38)/t19-,20-,29+/m0/s1. The number of halogens is 1. The number of likely N-dealkylation sites (tertiary alicyclic amines) is 1. The van der Waals surface area contributed by atoms with E-state index in [1.807, 2.05) is 16.7 Å². The minimum absolute atomic E-state index is 0.0169. The number of piperidine rings is 1. The molecular weight excluding hydrogens is 547 g/mol. The van der Waals surface area contributed by atoms with Gasteiger partial charge in [-0.3, -0.25) is 4.90 Å². The number of aromatic nitrogens is 4. The number of pyridine rings is 1. The van der Waals surface area contributed by atoms with Crippen LogP contribution < -0.4 is 4.74 Å². The molecule has 1 saturated carbocycles. The second-order valence-corrected chi connectivity index (χ2v) is 12.0. The van der Waals surface area contributed by atoms with Crippen molar-refractivity contribution in [1.29, 1.82) is 5.26 Å². The zero-order valence-corrected chi connectivity index (χ0v) is 22.9. The summed E-state index contributed by atoms with van der Waals surface area (Å²) in [6, 6.07) is 12.1. The van der Waals surface area contributed by atoms with Gasteiger partial charge in [-0.05, 0) is 49.9 Å². The first-order valence-corrected chi connectivity index (χ1v) is 14.5. The van der Waals surface area contributed by atoms with Crippen LogP contribution in [0.5, 0.6) is 5.88 Å². The third-order valence-corrected chi connectivity index (χ3v) is 9.42. The number of carbonyl (C=O) groups is 1. The first kappa shape index (κ1) is 26.0. The van der Waals surface area contributed by atoms with Gasteiger partial charge in [0.1, 0.15) is 18.2 Å². The first-order chi connectivity index (χ1) is 19.9. The van der Waals surface area contributed by atoms with Gasteiger partial charge in [0.05, 0.1) is 36.5 Å². The Labute approximate surface area is 239 Å². The van der Waals surface area contributed by atoms with Crippen molar-refractivity contribution in [2.75, 3.05) is 19.7 Å². The van der Waals surface area contributed by atoms with Gasteiger partial charge in [-0.15, -0.1) is 0 Å². The van der Waals surface area contributed by atoms with Crippen LogP contribution in [0.4, 0.5) is 4.39 Å². The van der Waals surface area contributed by atoms with Gasteiger partial charge < -0.3 is 19.1 Å². The lowest BCUT2D eigenvalue weighted by Crippen LogP contribution is -2.37. The monoisotopic (exact) mass is 574 g/mol. The van der Waals surface area contributed by atoms with E-state index >= 15 is 0 Å². The molecule has 3 aliphatic rings. The van der Waals surface area contributed by atoms with Crippen molar-refractivity contribution in [2.24, 2.45) is 5.92 Å². The predicted molar refractivity (Wildman–Crippen MR) is 146 cm³/mol. The van der Waals surface area contributed by atoms with Crippen molar-refractivity contribution in [3.63, 3.8) is 0 Å². The highest BCUT2D eigenvalue weighted by Gasteiger charge is 2.58. The largest absolute Gasteiger partial charge is 0.476 e. The van der Waals surface area contributed by atoms with E-state index in [4.69, 9.17) is 24.7 Å². The number of nitriles is 1. The lowest BCUT2D eigenvalue weighted by atomic mass is 9.91. The molecule has 12 heteroatoms. The van der Waals surface area contributed by atoms with E-state index in [0.29, 0.717) is 40.9 Å². The average molecular weight is 575 g/mol. The van der Waals surface area contributed by atoms with E-state index < -0.39 is 11.8 Å². The first-order valence-electron chi connectivity index (χ1n) is 13.6. The van der Waals surface area contributed by atoms with E-state index in [-0.39, 0.29) is 28.7 Å². The van der Waals surface area contributed by atoms with Gasteiger partial charge in [0.15, 0.2) is 10.5 Å². The van der Waals surface area contributed by atoms with Crippen molar-refractivity contribution < 1.29 is 23.8 Å². The molecule has 3 aromatic heterocycles. The van der Waals surface area contributed by atoms with E-state index in [0.717, 1.165) is 61.8 Å². The molecule has 5 heterocycles. The Morgan fingerprint density at radius 1 is 1.29 bits per heavy atom. The number of carboxylic acid groups (broad SMARTS) is 1. The average Bonchev–Trinajstić information content (AvgIpc) is 3.40. The smallest absolute Gasteiger partial charge is 0.365 e. The highest BCUT2D eigenvalue weighted by Crippen LogP contribution is 2.59. The van der Waals surface area contributed by atoms with E-state index in [1.165, 1.54) is 6.07 Å². The van der Waals surface area contributed by atoms with Crippen molar-refractivity contribution in [3.05, 3.63) is 69.9 Å². The quantitative estimate of drug-likeness (QED) is 0.314. The maximum absolute atomic E-state index is 14.3. The number of ether oxygens (including phenoxy) is 2. The van der Waals surface area contributed by atoms with Crippen LogP contribution in [0.15, 0.2) is 36.4 Å². The number of carboxylic acids is 1. The van der Waals surface area contributed by atoms with Gasteiger partial charge in [0.25, 0.3) is 0 Å². The third kappa shape index (κ3) is 4.84. The minimum atomic E-state index is -1.04. The van der Waals surface area contributed by atoms with Gasteiger partial charge in [0, 0.05) is 30.2 Å². The summed E-state index contributed by atoms with van der Waals surface area (Å²) in [5.74, 6) is 0.315. The van der Waals surface area contributed by atoms with Crippen LogP contribution in [0.2, 0.25) is 0 Å².